The van der Waals surface area contributed by atoms with Crippen LogP contribution >= 0.6 is 0 Å². The zero-order valence-corrected chi connectivity index (χ0v) is 8.64. The Kier molecular flexibility index (Phi) is 3.06. The molecule has 1 rings (SSSR count). The van der Waals surface area contributed by atoms with Crippen molar-refractivity contribution >= 4 is 9.84 Å². The van der Waals surface area contributed by atoms with E-state index in [0.717, 1.165) is 12.1 Å². The van der Waals surface area contributed by atoms with Crippen molar-refractivity contribution in [3.63, 3.8) is 0 Å². The molecule has 0 bridgehead atoms. The molecule has 0 aliphatic heterocycles. The summed E-state index contributed by atoms with van der Waals surface area (Å²) in [6.07, 6.45) is 0. The van der Waals surface area contributed by atoms with Crippen LogP contribution in [0.5, 0.6) is 0 Å². The second kappa shape index (κ2) is 3.92. The molecule has 1 aromatic carbocycles. The fraction of sp³-hybridized carbons (Fsp3) is 0.200. The Balaban J connectivity index is 3.05. The van der Waals surface area contributed by atoms with Gasteiger partial charge in [0.05, 0.1) is 10.6 Å². The van der Waals surface area contributed by atoms with Gasteiger partial charge < -0.3 is 0 Å². The molecular weight excluding hydrogens is 203 g/mol. The maximum atomic E-state index is 12.5. The van der Waals surface area contributed by atoms with Gasteiger partial charge in [-0.15, -0.1) is 0 Å². The molecule has 0 saturated heterocycles. The molecule has 2 nitrogen and oxygen atoms in total. The van der Waals surface area contributed by atoms with E-state index in [-0.39, 0.29) is 10.6 Å². The van der Waals surface area contributed by atoms with Crippen LogP contribution in [-0.2, 0) is 9.84 Å². The van der Waals surface area contributed by atoms with Gasteiger partial charge in [0.2, 0.25) is 0 Å². The van der Waals surface area contributed by atoms with E-state index < -0.39 is 15.7 Å². The fourth-order valence-electron chi connectivity index (χ4n) is 1.05. The average Bonchev–Trinajstić information content (AvgIpc) is 2.02. The van der Waals surface area contributed by atoms with Gasteiger partial charge in [0.15, 0.2) is 9.84 Å². The zero-order valence-electron chi connectivity index (χ0n) is 7.83. The highest BCUT2D eigenvalue weighted by Crippen LogP contribution is 2.13. The summed E-state index contributed by atoms with van der Waals surface area (Å²) in [4.78, 5) is 0.127. The molecule has 0 spiro atoms. The highest BCUT2D eigenvalue weighted by molar-refractivity contribution is 7.91. The van der Waals surface area contributed by atoms with Gasteiger partial charge in [-0.1, -0.05) is 12.2 Å². The van der Waals surface area contributed by atoms with Gasteiger partial charge >= 0.3 is 0 Å². The summed E-state index contributed by atoms with van der Waals surface area (Å²) < 4.78 is 35.7. The second-order valence-corrected chi connectivity index (χ2v) is 5.16. The molecule has 1 aromatic rings. The Hall–Kier alpha value is -1.16. The normalized spacial score (nSPS) is 11.3. The van der Waals surface area contributed by atoms with Gasteiger partial charge in [-0.2, -0.15) is 0 Å². The zero-order chi connectivity index (χ0) is 10.8. The Bertz CT molecular complexity index is 432. The standard InChI is InChI=1S/C10H11FO2S/c1-8(2)7-14(12,13)10-5-3-9(11)4-6-10/h3-6H,1,7H2,2H3. The van der Waals surface area contributed by atoms with E-state index in [1.165, 1.54) is 12.1 Å². The van der Waals surface area contributed by atoms with Crippen LogP contribution < -0.4 is 0 Å². The molecule has 0 aliphatic carbocycles. The minimum absolute atomic E-state index is 0.0986. The first kappa shape index (κ1) is 10.9. The molecule has 0 saturated carbocycles. The maximum absolute atomic E-state index is 12.5. The van der Waals surface area contributed by atoms with Gasteiger partial charge in [-0.05, 0) is 31.2 Å². The van der Waals surface area contributed by atoms with Crippen molar-refractivity contribution in [2.45, 2.75) is 11.8 Å². The molecule has 0 radical (unpaired) electrons. The van der Waals surface area contributed by atoms with E-state index in [0.29, 0.717) is 5.57 Å². The molecule has 0 unspecified atom stereocenters. The number of hydrogen-bond acceptors (Lipinski definition) is 2. The van der Waals surface area contributed by atoms with Crippen LogP contribution in [0.2, 0.25) is 0 Å². The molecule has 0 aromatic heterocycles. The van der Waals surface area contributed by atoms with Crippen molar-refractivity contribution in [3.05, 3.63) is 42.2 Å². The quantitative estimate of drug-likeness (QED) is 0.571. The van der Waals surface area contributed by atoms with Crippen molar-refractivity contribution in [1.82, 2.24) is 0 Å². The number of benzene rings is 1. The summed E-state index contributed by atoms with van der Waals surface area (Å²) in [5.41, 5.74) is 0.564. The first-order valence-corrected chi connectivity index (χ1v) is 5.70. The molecule has 0 atom stereocenters. The van der Waals surface area contributed by atoms with Crippen LogP contribution in [0.25, 0.3) is 0 Å². The average molecular weight is 214 g/mol. The minimum atomic E-state index is -3.34. The molecule has 14 heavy (non-hydrogen) atoms. The lowest BCUT2D eigenvalue weighted by atomic mass is 10.3. The first-order valence-electron chi connectivity index (χ1n) is 4.04. The van der Waals surface area contributed by atoms with E-state index in [9.17, 15) is 12.8 Å². The van der Waals surface area contributed by atoms with Crippen LogP contribution in [0.4, 0.5) is 4.39 Å². The van der Waals surface area contributed by atoms with Crippen molar-refractivity contribution < 1.29 is 12.8 Å². The Labute approximate surface area is 83.0 Å². The van der Waals surface area contributed by atoms with Gasteiger partial charge in [-0.3, -0.25) is 0 Å². The molecule has 4 heteroatoms. The van der Waals surface area contributed by atoms with Crippen LogP contribution in [0.15, 0.2) is 41.3 Å². The maximum Gasteiger partial charge on any atom is 0.182 e. The van der Waals surface area contributed by atoms with Crippen LogP contribution in [0.1, 0.15) is 6.92 Å². The Morgan fingerprint density at radius 2 is 1.86 bits per heavy atom. The lowest BCUT2D eigenvalue weighted by Gasteiger charge is -2.03. The summed E-state index contributed by atoms with van der Waals surface area (Å²) >= 11 is 0. The van der Waals surface area contributed by atoms with Crippen molar-refractivity contribution in [2.75, 3.05) is 5.75 Å². The Morgan fingerprint density at radius 1 is 1.36 bits per heavy atom. The predicted molar refractivity (Wildman–Crippen MR) is 53.3 cm³/mol. The largest absolute Gasteiger partial charge is 0.223 e. The molecule has 0 N–H and O–H groups in total. The highest BCUT2D eigenvalue weighted by Gasteiger charge is 2.13. The first-order chi connectivity index (χ1) is 6.42. The third kappa shape index (κ3) is 2.67. The molecule has 0 aliphatic rings. The molecule has 0 fully saturated rings. The van der Waals surface area contributed by atoms with E-state index >= 15 is 0 Å². The Morgan fingerprint density at radius 3 is 2.29 bits per heavy atom. The lowest BCUT2D eigenvalue weighted by Crippen LogP contribution is -2.07. The van der Waals surface area contributed by atoms with Crippen LogP contribution in [-0.4, -0.2) is 14.2 Å². The van der Waals surface area contributed by atoms with E-state index in [2.05, 4.69) is 6.58 Å². The molecule has 0 heterocycles. The summed E-state index contributed by atoms with van der Waals surface area (Å²) in [6.45, 7) is 5.17. The van der Waals surface area contributed by atoms with E-state index in [4.69, 9.17) is 0 Å². The molecule has 76 valence electrons. The van der Waals surface area contributed by atoms with Gasteiger partial charge in [0.25, 0.3) is 0 Å². The molecule has 0 amide bonds. The van der Waals surface area contributed by atoms with Crippen molar-refractivity contribution in [1.29, 1.82) is 0 Å². The second-order valence-electron chi connectivity index (χ2n) is 3.17. The summed E-state index contributed by atoms with van der Waals surface area (Å²) in [5, 5.41) is 0. The van der Waals surface area contributed by atoms with Crippen molar-refractivity contribution in [3.8, 4) is 0 Å². The van der Waals surface area contributed by atoms with Gasteiger partial charge in [0, 0.05) is 0 Å². The monoisotopic (exact) mass is 214 g/mol. The topological polar surface area (TPSA) is 34.1 Å². The summed E-state index contributed by atoms with van der Waals surface area (Å²) in [6, 6.07) is 4.78. The number of sulfone groups is 1. The number of hydrogen-bond donors (Lipinski definition) is 0. The van der Waals surface area contributed by atoms with Crippen LogP contribution in [0, 0.1) is 5.82 Å². The summed E-state index contributed by atoms with van der Waals surface area (Å²) in [7, 11) is -3.34. The SMILES string of the molecule is C=C(C)CS(=O)(=O)c1ccc(F)cc1. The molecular formula is C10H11FO2S. The van der Waals surface area contributed by atoms with Gasteiger partial charge in [0.1, 0.15) is 5.82 Å². The van der Waals surface area contributed by atoms with Crippen LogP contribution in [0.3, 0.4) is 0 Å². The lowest BCUT2D eigenvalue weighted by molar-refractivity contribution is 0.597. The number of halogens is 1. The highest BCUT2D eigenvalue weighted by atomic mass is 32.2. The van der Waals surface area contributed by atoms with E-state index in [1.807, 2.05) is 0 Å². The fourth-order valence-corrected chi connectivity index (χ4v) is 2.42. The van der Waals surface area contributed by atoms with Gasteiger partial charge in [-0.25, -0.2) is 12.8 Å². The third-order valence-electron chi connectivity index (χ3n) is 1.61. The summed E-state index contributed by atoms with van der Waals surface area (Å²) in [5.74, 6) is -0.544. The smallest absolute Gasteiger partial charge is 0.182 e. The minimum Gasteiger partial charge on any atom is -0.223 e. The predicted octanol–water partition coefficient (Wildman–Crippen LogP) is 2.18. The van der Waals surface area contributed by atoms with E-state index in [1.54, 1.807) is 6.92 Å². The number of rotatable bonds is 3. The van der Waals surface area contributed by atoms with Crippen molar-refractivity contribution in [2.24, 2.45) is 0 Å². The third-order valence-corrected chi connectivity index (χ3v) is 3.47.